The molecule has 1 fully saturated rings. The minimum absolute atomic E-state index is 0.161. The SMILES string of the molecule is C[C@@H](OS(C)(=O)=O)C(=O)N1C(=O)N(C)C[C@H]1C(=O)O. The third kappa shape index (κ3) is 3.41. The molecule has 1 rings (SSSR count). The first-order chi connectivity index (χ1) is 8.54. The molecule has 0 spiro atoms. The second-order valence-corrected chi connectivity index (χ2v) is 5.77. The zero-order valence-corrected chi connectivity index (χ0v) is 11.4. The van der Waals surface area contributed by atoms with Crippen molar-refractivity contribution in [3.05, 3.63) is 0 Å². The van der Waals surface area contributed by atoms with Crippen molar-refractivity contribution < 1.29 is 32.1 Å². The van der Waals surface area contributed by atoms with Crippen LogP contribution in [0.1, 0.15) is 6.92 Å². The van der Waals surface area contributed by atoms with Gasteiger partial charge in [0.15, 0.2) is 12.1 Å². The van der Waals surface area contributed by atoms with E-state index in [1.54, 1.807) is 0 Å². The molecular formula is C9H14N2O7S. The summed E-state index contributed by atoms with van der Waals surface area (Å²) in [4.78, 5) is 36.2. The Balaban J connectivity index is 2.96. The second-order valence-electron chi connectivity index (χ2n) is 4.17. The topological polar surface area (TPSA) is 121 Å². The molecular weight excluding hydrogens is 280 g/mol. The zero-order valence-electron chi connectivity index (χ0n) is 10.6. The van der Waals surface area contributed by atoms with Crippen molar-refractivity contribution in [3.8, 4) is 0 Å². The largest absolute Gasteiger partial charge is 0.480 e. The smallest absolute Gasteiger partial charge is 0.328 e. The van der Waals surface area contributed by atoms with Gasteiger partial charge in [-0.1, -0.05) is 0 Å². The molecule has 19 heavy (non-hydrogen) atoms. The Kier molecular flexibility index (Phi) is 4.15. The van der Waals surface area contributed by atoms with Gasteiger partial charge < -0.3 is 10.0 Å². The fourth-order valence-corrected chi connectivity index (χ4v) is 2.28. The average Bonchev–Trinajstić information content (AvgIpc) is 2.52. The summed E-state index contributed by atoms with van der Waals surface area (Å²) in [5, 5.41) is 8.95. The van der Waals surface area contributed by atoms with Gasteiger partial charge in [0.2, 0.25) is 0 Å². The van der Waals surface area contributed by atoms with Gasteiger partial charge in [-0.2, -0.15) is 8.42 Å². The monoisotopic (exact) mass is 294 g/mol. The zero-order chi connectivity index (χ0) is 15.0. The second kappa shape index (κ2) is 5.13. The van der Waals surface area contributed by atoms with Crippen LogP contribution < -0.4 is 0 Å². The van der Waals surface area contributed by atoms with E-state index in [9.17, 15) is 22.8 Å². The number of carbonyl (C=O) groups is 3. The first kappa shape index (κ1) is 15.4. The molecule has 9 nitrogen and oxygen atoms in total. The molecule has 0 saturated carbocycles. The molecule has 0 unspecified atom stereocenters. The number of carbonyl (C=O) groups excluding carboxylic acids is 2. The highest BCUT2D eigenvalue weighted by Crippen LogP contribution is 2.17. The summed E-state index contributed by atoms with van der Waals surface area (Å²) < 4.78 is 26.3. The molecule has 3 amide bonds. The van der Waals surface area contributed by atoms with Crippen molar-refractivity contribution in [2.45, 2.75) is 19.1 Å². The van der Waals surface area contributed by atoms with Crippen LogP contribution in [0.3, 0.4) is 0 Å². The Bertz CT molecular complexity index is 515. The van der Waals surface area contributed by atoms with Crippen molar-refractivity contribution in [1.82, 2.24) is 9.80 Å². The summed E-state index contributed by atoms with van der Waals surface area (Å²) in [6, 6.07) is -2.16. The Morgan fingerprint density at radius 3 is 2.42 bits per heavy atom. The van der Waals surface area contributed by atoms with Crippen molar-refractivity contribution in [2.24, 2.45) is 0 Å². The van der Waals surface area contributed by atoms with Gasteiger partial charge in [-0.3, -0.25) is 8.98 Å². The molecule has 0 aromatic rings. The van der Waals surface area contributed by atoms with E-state index in [2.05, 4.69) is 4.18 Å². The maximum absolute atomic E-state index is 11.9. The Morgan fingerprint density at radius 2 is 2.00 bits per heavy atom. The number of hydrogen-bond donors (Lipinski definition) is 1. The highest BCUT2D eigenvalue weighted by molar-refractivity contribution is 7.86. The van der Waals surface area contributed by atoms with Gasteiger partial charge in [0.1, 0.15) is 0 Å². The quantitative estimate of drug-likeness (QED) is 0.639. The van der Waals surface area contributed by atoms with Crippen LogP contribution in [0.25, 0.3) is 0 Å². The number of hydrogen-bond acceptors (Lipinski definition) is 6. The van der Waals surface area contributed by atoms with Gasteiger partial charge >= 0.3 is 12.0 Å². The van der Waals surface area contributed by atoms with Crippen LogP contribution in [0.2, 0.25) is 0 Å². The molecule has 1 heterocycles. The van der Waals surface area contributed by atoms with E-state index in [0.717, 1.165) is 18.1 Å². The third-order valence-corrected chi connectivity index (χ3v) is 3.12. The summed E-state index contributed by atoms with van der Waals surface area (Å²) in [7, 11) is -2.55. The predicted octanol–water partition coefficient (Wildman–Crippen LogP) is -1.30. The normalized spacial score (nSPS) is 21.6. The molecule has 1 saturated heterocycles. The average molecular weight is 294 g/mol. The molecule has 1 aliphatic rings. The lowest BCUT2D eigenvalue weighted by Crippen LogP contribution is -2.48. The highest BCUT2D eigenvalue weighted by atomic mass is 32.2. The van der Waals surface area contributed by atoms with Crippen molar-refractivity contribution in [2.75, 3.05) is 19.8 Å². The molecule has 10 heteroatoms. The van der Waals surface area contributed by atoms with Gasteiger partial charge in [-0.05, 0) is 6.92 Å². The van der Waals surface area contributed by atoms with Crippen molar-refractivity contribution in [1.29, 1.82) is 0 Å². The third-order valence-electron chi connectivity index (χ3n) is 2.48. The van der Waals surface area contributed by atoms with Crippen molar-refractivity contribution >= 4 is 28.0 Å². The van der Waals surface area contributed by atoms with E-state index < -0.39 is 40.2 Å². The number of carboxylic acid groups (broad SMARTS) is 1. The Labute approximate surface area is 109 Å². The van der Waals surface area contributed by atoms with Crippen LogP contribution in [0.15, 0.2) is 0 Å². The van der Waals surface area contributed by atoms with E-state index in [0.29, 0.717) is 4.90 Å². The van der Waals surface area contributed by atoms with Crippen LogP contribution in [-0.2, 0) is 23.9 Å². The summed E-state index contributed by atoms with van der Waals surface area (Å²) in [5.74, 6) is -2.36. The van der Waals surface area contributed by atoms with Crippen LogP contribution in [0.4, 0.5) is 4.79 Å². The number of likely N-dealkylation sites (N-methyl/N-ethyl adjacent to an activating group) is 1. The number of amides is 3. The fraction of sp³-hybridized carbons (Fsp3) is 0.667. The molecule has 2 atom stereocenters. The molecule has 0 radical (unpaired) electrons. The van der Waals surface area contributed by atoms with Gasteiger partial charge in [0.05, 0.1) is 12.8 Å². The van der Waals surface area contributed by atoms with E-state index in [1.165, 1.54) is 7.05 Å². The molecule has 108 valence electrons. The fourth-order valence-electron chi connectivity index (χ4n) is 1.67. The number of urea groups is 1. The molecule has 0 aromatic carbocycles. The van der Waals surface area contributed by atoms with E-state index in [4.69, 9.17) is 5.11 Å². The first-order valence-corrected chi connectivity index (χ1v) is 7.05. The van der Waals surface area contributed by atoms with E-state index in [1.807, 2.05) is 0 Å². The maximum atomic E-state index is 11.9. The molecule has 0 aromatic heterocycles. The molecule has 0 bridgehead atoms. The molecule has 0 aliphatic carbocycles. The van der Waals surface area contributed by atoms with Crippen LogP contribution in [0, 0.1) is 0 Å². The summed E-state index contributed by atoms with van der Waals surface area (Å²) in [6.07, 6.45) is -0.712. The minimum Gasteiger partial charge on any atom is -0.480 e. The van der Waals surface area contributed by atoms with Crippen LogP contribution >= 0.6 is 0 Å². The Morgan fingerprint density at radius 1 is 1.47 bits per heavy atom. The maximum Gasteiger partial charge on any atom is 0.328 e. The van der Waals surface area contributed by atoms with Gasteiger partial charge in [-0.25, -0.2) is 14.5 Å². The first-order valence-electron chi connectivity index (χ1n) is 5.24. The lowest BCUT2D eigenvalue weighted by Gasteiger charge is -2.21. The minimum atomic E-state index is -3.89. The lowest BCUT2D eigenvalue weighted by molar-refractivity contribution is -0.148. The highest BCUT2D eigenvalue weighted by Gasteiger charge is 2.45. The van der Waals surface area contributed by atoms with Gasteiger partial charge in [0.25, 0.3) is 16.0 Å². The lowest BCUT2D eigenvalue weighted by atomic mass is 10.2. The van der Waals surface area contributed by atoms with E-state index >= 15 is 0 Å². The molecule has 1 aliphatic heterocycles. The Hall–Kier alpha value is -1.68. The van der Waals surface area contributed by atoms with Gasteiger partial charge in [0, 0.05) is 7.05 Å². The summed E-state index contributed by atoms with van der Waals surface area (Å²) >= 11 is 0. The molecule has 1 N–H and O–H groups in total. The van der Waals surface area contributed by atoms with Gasteiger partial charge in [-0.15, -0.1) is 0 Å². The van der Waals surface area contributed by atoms with E-state index in [-0.39, 0.29) is 6.54 Å². The number of nitrogens with zero attached hydrogens (tertiary/aromatic N) is 2. The van der Waals surface area contributed by atoms with Crippen molar-refractivity contribution in [3.63, 3.8) is 0 Å². The summed E-state index contributed by atoms with van der Waals surface area (Å²) in [6.45, 7) is 0.972. The number of imide groups is 1. The number of rotatable bonds is 4. The van der Waals surface area contributed by atoms with Crippen LogP contribution in [-0.4, -0.2) is 73.2 Å². The number of aliphatic carboxylic acids is 1. The van der Waals surface area contributed by atoms with Crippen LogP contribution in [0.5, 0.6) is 0 Å². The summed E-state index contributed by atoms with van der Waals surface area (Å²) in [5.41, 5.74) is 0. The predicted molar refractivity (Wildman–Crippen MR) is 61.7 cm³/mol. The standard InChI is InChI=1S/C9H14N2O7S/c1-5(18-19(3,16)17)7(12)11-6(8(13)14)4-10(2)9(11)15/h5-6H,4H2,1-3H3,(H,13,14)/t5-,6+/m1/s1. The number of carboxylic acids is 1.